The molecule has 0 fully saturated rings. The van der Waals surface area contributed by atoms with Crippen molar-refractivity contribution in [2.24, 2.45) is 0 Å². The summed E-state index contributed by atoms with van der Waals surface area (Å²) < 4.78 is 31.7. The van der Waals surface area contributed by atoms with Gasteiger partial charge in [-0.05, 0) is 54.7 Å². The third kappa shape index (κ3) is 3.46. The van der Waals surface area contributed by atoms with Crippen LogP contribution in [0.3, 0.4) is 0 Å². The van der Waals surface area contributed by atoms with Crippen LogP contribution in [0, 0.1) is 12.7 Å². The molecule has 0 saturated carbocycles. The predicted molar refractivity (Wildman–Crippen MR) is 125 cm³/mol. The zero-order valence-corrected chi connectivity index (χ0v) is 19.4. The van der Waals surface area contributed by atoms with Crippen LogP contribution in [0.25, 0.3) is 16.8 Å². The first-order valence-corrected chi connectivity index (χ1v) is 10.9. The maximum atomic E-state index is 13.5. The minimum absolute atomic E-state index is 0.00545. The molecule has 1 aliphatic carbocycles. The lowest BCUT2D eigenvalue weighted by molar-refractivity contribution is 0.0962. The van der Waals surface area contributed by atoms with Crippen LogP contribution >= 0.6 is 0 Å². The summed E-state index contributed by atoms with van der Waals surface area (Å²) in [6.45, 7) is 1.89. The SMILES string of the molecule is COc1cc([C@H]2CC(=O)c3cnc4c(-c5ccc(F)cc5)c(C)nn4c3C2)cc(OC)c1OC. The van der Waals surface area contributed by atoms with E-state index in [4.69, 9.17) is 19.3 Å². The van der Waals surface area contributed by atoms with Crippen molar-refractivity contribution in [3.8, 4) is 28.4 Å². The normalized spacial score (nSPS) is 15.3. The summed E-state index contributed by atoms with van der Waals surface area (Å²) in [6.07, 6.45) is 2.55. The Hall–Kier alpha value is -3.94. The van der Waals surface area contributed by atoms with Gasteiger partial charge in [-0.15, -0.1) is 0 Å². The van der Waals surface area contributed by atoms with Crippen LogP contribution in [0.5, 0.6) is 17.2 Å². The molecule has 5 rings (SSSR count). The average Bonchev–Trinajstić information content (AvgIpc) is 3.19. The molecule has 2 heterocycles. The van der Waals surface area contributed by atoms with Crippen LogP contribution in [0.15, 0.2) is 42.6 Å². The molecular formula is C26H24FN3O4. The molecule has 0 amide bonds. The zero-order chi connectivity index (χ0) is 24.0. The number of fused-ring (bicyclic) bond motifs is 3. The number of rotatable bonds is 5. The fourth-order valence-corrected chi connectivity index (χ4v) is 4.73. The Kier molecular flexibility index (Phi) is 5.43. The fourth-order valence-electron chi connectivity index (χ4n) is 4.73. The summed E-state index contributed by atoms with van der Waals surface area (Å²) in [6, 6.07) is 10.0. The molecule has 174 valence electrons. The highest BCUT2D eigenvalue weighted by Gasteiger charge is 2.31. The molecule has 2 aromatic carbocycles. The lowest BCUT2D eigenvalue weighted by Gasteiger charge is -2.25. The first-order chi connectivity index (χ1) is 16.4. The highest BCUT2D eigenvalue weighted by atomic mass is 19.1. The van der Waals surface area contributed by atoms with E-state index >= 15 is 0 Å². The maximum absolute atomic E-state index is 13.5. The fraction of sp³-hybridized carbons (Fsp3) is 0.269. The van der Waals surface area contributed by atoms with Crippen LogP contribution in [0.1, 0.15) is 39.6 Å². The highest BCUT2D eigenvalue weighted by molar-refractivity contribution is 5.99. The number of ketones is 1. The molecule has 0 saturated heterocycles. The molecule has 0 spiro atoms. The number of ether oxygens (including phenoxy) is 3. The van der Waals surface area contributed by atoms with Gasteiger partial charge in [0.2, 0.25) is 5.75 Å². The lowest BCUT2D eigenvalue weighted by atomic mass is 9.82. The molecule has 0 unspecified atom stereocenters. The monoisotopic (exact) mass is 461 g/mol. The van der Waals surface area contributed by atoms with E-state index in [2.05, 4.69) is 4.98 Å². The van der Waals surface area contributed by atoms with Gasteiger partial charge in [-0.3, -0.25) is 4.79 Å². The number of nitrogens with zero attached hydrogens (tertiary/aromatic N) is 3. The summed E-state index contributed by atoms with van der Waals surface area (Å²) in [5.74, 6) is 1.20. The van der Waals surface area contributed by atoms with Crippen molar-refractivity contribution in [2.45, 2.75) is 25.7 Å². The number of Topliss-reactive ketones (excluding diaryl/α,β-unsaturated/α-hetero) is 1. The van der Waals surface area contributed by atoms with Gasteiger partial charge in [0.25, 0.3) is 0 Å². The second-order valence-corrected chi connectivity index (χ2v) is 8.31. The van der Waals surface area contributed by atoms with Crippen molar-refractivity contribution >= 4 is 11.4 Å². The molecule has 0 N–H and O–H groups in total. The molecular weight excluding hydrogens is 437 g/mol. The number of carbonyl (C=O) groups is 1. The van der Waals surface area contributed by atoms with Crippen molar-refractivity contribution in [2.75, 3.05) is 21.3 Å². The Morgan fingerprint density at radius 2 is 1.68 bits per heavy atom. The van der Waals surface area contributed by atoms with E-state index in [1.807, 2.05) is 19.1 Å². The summed E-state index contributed by atoms with van der Waals surface area (Å²) in [5, 5.41) is 4.72. The standard InChI is InChI=1S/C26H24FN3O4/c1-14-24(15-5-7-18(27)8-6-15)26-28-13-19-20(30(26)29-14)9-16(10-21(19)31)17-11-22(32-2)25(34-4)23(12-17)33-3/h5-8,11-13,16H,9-10H2,1-4H3/t16-/m1/s1. The number of methoxy groups -OCH3 is 3. The number of hydrogen-bond donors (Lipinski definition) is 0. The van der Waals surface area contributed by atoms with Crippen molar-refractivity contribution in [3.05, 3.63) is 70.9 Å². The van der Waals surface area contributed by atoms with Crippen LogP contribution in [-0.4, -0.2) is 41.7 Å². The Morgan fingerprint density at radius 3 is 2.29 bits per heavy atom. The van der Waals surface area contributed by atoms with Crippen molar-refractivity contribution in [1.82, 2.24) is 14.6 Å². The number of aromatic nitrogens is 3. The van der Waals surface area contributed by atoms with Gasteiger partial charge < -0.3 is 14.2 Å². The summed E-state index contributed by atoms with van der Waals surface area (Å²) in [5.41, 5.74) is 5.34. The molecule has 4 aromatic rings. The Balaban J connectivity index is 1.62. The summed E-state index contributed by atoms with van der Waals surface area (Å²) in [7, 11) is 4.70. The van der Waals surface area contributed by atoms with E-state index in [1.165, 1.54) is 12.1 Å². The quantitative estimate of drug-likeness (QED) is 0.426. The third-order valence-corrected chi connectivity index (χ3v) is 6.38. The molecule has 7 nitrogen and oxygen atoms in total. The van der Waals surface area contributed by atoms with E-state index < -0.39 is 0 Å². The van der Waals surface area contributed by atoms with Crippen molar-refractivity contribution in [3.63, 3.8) is 0 Å². The van der Waals surface area contributed by atoms with Crippen LogP contribution < -0.4 is 14.2 Å². The topological polar surface area (TPSA) is 75.0 Å². The van der Waals surface area contributed by atoms with Gasteiger partial charge >= 0.3 is 0 Å². The molecule has 34 heavy (non-hydrogen) atoms. The molecule has 0 bridgehead atoms. The molecule has 0 radical (unpaired) electrons. The summed E-state index contributed by atoms with van der Waals surface area (Å²) >= 11 is 0. The van der Waals surface area contributed by atoms with Gasteiger partial charge in [0.15, 0.2) is 22.9 Å². The first kappa shape index (κ1) is 21.9. The van der Waals surface area contributed by atoms with Gasteiger partial charge in [-0.2, -0.15) is 5.10 Å². The second-order valence-electron chi connectivity index (χ2n) is 8.31. The van der Waals surface area contributed by atoms with E-state index in [9.17, 15) is 9.18 Å². The number of carbonyl (C=O) groups excluding carboxylic acids is 1. The molecule has 8 heteroatoms. The number of hydrogen-bond acceptors (Lipinski definition) is 6. The molecule has 1 atom stereocenters. The van der Waals surface area contributed by atoms with Crippen LogP contribution in [0.4, 0.5) is 4.39 Å². The molecule has 1 aliphatic rings. The van der Waals surface area contributed by atoms with Crippen molar-refractivity contribution < 1.29 is 23.4 Å². The van der Waals surface area contributed by atoms with Crippen molar-refractivity contribution in [1.29, 1.82) is 0 Å². The zero-order valence-electron chi connectivity index (χ0n) is 19.4. The van der Waals surface area contributed by atoms with E-state index in [0.717, 1.165) is 28.1 Å². The predicted octanol–water partition coefficient (Wildman–Crippen LogP) is 4.78. The minimum atomic E-state index is -0.304. The number of aryl methyl sites for hydroxylation is 1. The highest BCUT2D eigenvalue weighted by Crippen LogP contribution is 2.43. The second kappa shape index (κ2) is 8.44. The summed E-state index contributed by atoms with van der Waals surface area (Å²) in [4.78, 5) is 17.7. The number of halogens is 1. The van der Waals surface area contributed by atoms with Gasteiger partial charge in [-0.1, -0.05) is 12.1 Å². The smallest absolute Gasteiger partial charge is 0.203 e. The molecule has 0 aliphatic heterocycles. The van der Waals surface area contributed by atoms with E-state index in [0.29, 0.717) is 41.3 Å². The third-order valence-electron chi connectivity index (χ3n) is 6.38. The van der Waals surface area contributed by atoms with Gasteiger partial charge in [0.05, 0.1) is 38.3 Å². The Bertz CT molecular complexity index is 1390. The van der Waals surface area contributed by atoms with Gasteiger partial charge in [0.1, 0.15) is 5.82 Å². The van der Waals surface area contributed by atoms with Gasteiger partial charge in [0, 0.05) is 18.2 Å². The van der Waals surface area contributed by atoms with E-state index in [-0.39, 0.29) is 17.5 Å². The minimum Gasteiger partial charge on any atom is -0.493 e. The first-order valence-electron chi connectivity index (χ1n) is 10.9. The largest absolute Gasteiger partial charge is 0.493 e. The molecule has 2 aromatic heterocycles. The van der Waals surface area contributed by atoms with Gasteiger partial charge in [-0.25, -0.2) is 13.9 Å². The Morgan fingerprint density at radius 1 is 1.00 bits per heavy atom. The average molecular weight is 461 g/mol. The number of benzene rings is 2. The maximum Gasteiger partial charge on any atom is 0.203 e. The Labute approximate surface area is 196 Å². The van der Waals surface area contributed by atoms with Crippen LogP contribution in [-0.2, 0) is 6.42 Å². The van der Waals surface area contributed by atoms with E-state index in [1.54, 1.807) is 44.2 Å². The lowest BCUT2D eigenvalue weighted by Crippen LogP contribution is -2.22. The van der Waals surface area contributed by atoms with Crippen LogP contribution in [0.2, 0.25) is 0 Å².